The van der Waals surface area contributed by atoms with Gasteiger partial charge in [0, 0.05) is 0 Å². The summed E-state index contributed by atoms with van der Waals surface area (Å²) in [5.74, 6) is 0.946. The van der Waals surface area contributed by atoms with Crippen LogP contribution in [0, 0.1) is 11.3 Å². The van der Waals surface area contributed by atoms with Gasteiger partial charge in [-0.15, -0.1) is 0 Å². The zero-order chi connectivity index (χ0) is 12.4. The average Bonchev–Trinajstić information content (AvgIpc) is 3.03. The van der Waals surface area contributed by atoms with E-state index in [4.69, 9.17) is 14.4 Å². The maximum Gasteiger partial charge on any atom is 0.246 e. The van der Waals surface area contributed by atoms with Crippen molar-refractivity contribution in [2.45, 2.75) is 6.61 Å². The van der Waals surface area contributed by atoms with Crippen LogP contribution in [0.2, 0.25) is 0 Å². The van der Waals surface area contributed by atoms with Crippen LogP contribution in [0.25, 0.3) is 11.0 Å². The molecule has 3 rings (SSSR count). The van der Waals surface area contributed by atoms with Gasteiger partial charge in [0.05, 0.1) is 5.39 Å². The Hall–Kier alpha value is -2.81. The summed E-state index contributed by atoms with van der Waals surface area (Å²) in [5.41, 5.74) is 0.608. The van der Waals surface area contributed by atoms with Crippen molar-refractivity contribution >= 4 is 11.0 Å². The molecule has 0 N–H and O–H groups in total. The zero-order valence-corrected chi connectivity index (χ0v) is 9.16. The lowest BCUT2D eigenvalue weighted by atomic mass is 10.2. The lowest BCUT2D eigenvalue weighted by Crippen LogP contribution is -1.97. The van der Waals surface area contributed by atoms with Gasteiger partial charge in [-0.3, -0.25) is 0 Å². The van der Waals surface area contributed by atoms with Gasteiger partial charge in [0.2, 0.25) is 18.0 Å². The molecule has 2 heterocycles. The van der Waals surface area contributed by atoms with E-state index in [-0.39, 0.29) is 12.4 Å². The van der Waals surface area contributed by atoms with Crippen molar-refractivity contribution in [2.24, 2.45) is 0 Å². The molecule has 0 radical (unpaired) electrons. The highest BCUT2D eigenvalue weighted by Crippen LogP contribution is 2.32. The second-order valence-electron chi connectivity index (χ2n) is 3.50. The summed E-state index contributed by atoms with van der Waals surface area (Å²) in [5, 5.41) is 13.4. The zero-order valence-electron chi connectivity index (χ0n) is 9.16. The van der Waals surface area contributed by atoms with Crippen LogP contribution in [0.3, 0.4) is 0 Å². The summed E-state index contributed by atoms with van der Waals surface area (Å²) >= 11 is 0. The number of para-hydroxylation sites is 1. The first-order valence-electron chi connectivity index (χ1n) is 5.18. The fourth-order valence-corrected chi connectivity index (χ4v) is 1.63. The third-order valence-corrected chi connectivity index (χ3v) is 2.40. The summed E-state index contributed by atoms with van der Waals surface area (Å²) < 4.78 is 15.5. The van der Waals surface area contributed by atoms with Crippen molar-refractivity contribution in [1.82, 2.24) is 10.1 Å². The summed E-state index contributed by atoms with van der Waals surface area (Å²) in [6.07, 6.45) is 1.22. The van der Waals surface area contributed by atoms with Gasteiger partial charge in [0.25, 0.3) is 0 Å². The smallest absolute Gasteiger partial charge is 0.246 e. The Morgan fingerprint density at radius 2 is 2.22 bits per heavy atom. The minimum Gasteiger partial charge on any atom is -0.480 e. The standard InChI is InChI=1S/C12H7N3O3/c13-5-10-12(16-6-11-14-7-17-15-11)8-3-1-2-4-9(8)18-10/h1-4,7H,6H2. The van der Waals surface area contributed by atoms with Gasteiger partial charge >= 0.3 is 0 Å². The molecule has 0 saturated heterocycles. The van der Waals surface area contributed by atoms with Crippen LogP contribution in [0.1, 0.15) is 11.6 Å². The Morgan fingerprint density at radius 1 is 1.33 bits per heavy atom. The van der Waals surface area contributed by atoms with Crippen molar-refractivity contribution in [3.8, 4) is 11.8 Å². The lowest BCUT2D eigenvalue weighted by Gasteiger charge is -2.00. The number of nitrogens with zero attached hydrogens (tertiary/aromatic N) is 3. The molecule has 0 fully saturated rings. The summed E-state index contributed by atoms with van der Waals surface area (Å²) in [6, 6.07) is 9.24. The van der Waals surface area contributed by atoms with Crippen molar-refractivity contribution in [3.63, 3.8) is 0 Å². The molecular weight excluding hydrogens is 234 g/mol. The van der Waals surface area contributed by atoms with Gasteiger partial charge in [-0.25, -0.2) is 0 Å². The largest absolute Gasteiger partial charge is 0.480 e. The van der Waals surface area contributed by atoms with Crippen LogP contribution >= 0.6 is 0 Å². The number of hydrogen-bond acceptors (Lipinski definition) is 6. The van der Waals surface area contributed by atoms with Crippen molar-refractivity contribution < 1.29 is 13.7 Å². The van der Waals surface area contributed by atoms with E-state index in [0.717, 1.165) is 5.39 Å². The number of nitriles is 1. The molecule has 3 aromatic rings. The molecule has 0 bridgehead atoms. The molecule has 0 aliphatic heterocycles. The van der Waals surface area contributed by atoms with Crippen LogP contribution < -0.4 is 4.74 Å². The molecular formula is C12H7N3O3. The molecule has 6 nitrogen and oxygen atoms in total. The first kappa shape index (κ1) is 10.4. The van der Waals surface area contributed by atoms with Gasteiger partial charge in [-0.1, -0.05) is 17.3 Å². The number of fused-ring (bicyclic) bond motifs is 1. The normalized spacial score (nSPS) is 10.4. The minimum atomic E-state index is 0.120. The Kier molecular flexibility index (Phi) is 2.43. The van der Waals surface area contributed by atoms with Crippen LogP contribution in [0.5, 0.6) is 5.75 Å². The topological polar surface area (TPSA) is 85.1 Å². The predicted molar refractivity (Wildman–Crippen MR) is 59.6 cm³/mol. The first-order valence-corrected chi connectivity index (χ1v) is 5.18. The van der Waals surface area contributed by atoms with E-state index in [2.05, 4.69) is 14.7 Å². The minimum absolute atomic E-state index is 0.120. The molecule has 0 atom stereocenters. The molecule has 0 spiro atoms. The highest BCUT2D eigenvalue weighted by molar-refractivity contribution is 5.86. The maximum atomic E-state index is 9.00. The van der Waals surface area contributed by atoms with Gasteiger partial charge < -0.3 is 13.7 Å². The molecule has 1 aromatic carbocycles. The molecule has 0 saturated carbocycles. The maximum absolute atomic E-state index is 9.00. The monoisotopic (exact) mass is 241 g/mol. The van der Waals surface area contributed by atoms with Gasteiger partial charge in [-0.2, -0.15) is 10.2 Å². The SMILES string of the molecule is N#Cc1oc2ccccc2c1OCc1ncon1. The van der Waals surface area contributed by atoms with E-state index in [1.165, 1.54) is 6.39 Å². The van der Waals surface area contributed by atoms with E-state index < -0.39 is 0 Å². The number of aromatic nitrogens is 2. The van der Waals surface area contributed by atoms with E-state index in [9.17, 15) is 0 Å². The quantitative estimate of drug-likeness (QED) is 0.699. The predicted octanol–water partition coefficient (Wildman–Crippen LogP) is 2.27. The van der Waals surface area contributed by atoms with Crippen LogP contribution in [-0.2, 0) is 6.61 Å². The number of hydrogen-bond donors (Lipinski definition) is 0. The fourth-order valence-electron chi connectivity index (χ4n) is 1.63. The molecule has 18 heavy (non-hydrogen) atoms. The fraction of sp³-hybridized carbons (Fsp3) is 0.0833. The third kappa shape index (κ3) is 1.68. The summed E-state index contributed by atoms with van der Waals surface area (Å²) in [6.45, 7) is 0.120. The number of ether oxygens (including phenoxy) is 1. The van der Waals surface area contributed by atoms with Gasteiger partial charge in [0.15, 0.2) is 12.4 Å². The van der Waals surface area contributed by atoms with Crippen molar-refractivity contribution in [2.75, 3.05) is 0 Å². The Labute approximate surface area is 101 Å². The Bertz CT molecular complexity index is 710. The highest BCUT2D eigenvalue weighted by atomic mass is 16.5. The molecule has 0 aliphatic rings. The molecule has 88 valence electrons. The number of rotatable bonds is 3. The van der Waals surface area contributed by atoms with Crippen LogP contribution in [0.4, 0.5) is 0 Å². The molecule has 6 heteroatoms. The molecule has 2 aromatic heterocycles. The Balaban J connectivity index is 1.97. The second kappa shape index (κ2) is 4.22. The first-order chi connectivity index (χ1) is 8.88. The van der Waals surface area contributed by atoms with Crippen LogP contribution in [-0.4, -0.2) is 10.1 Å². The summed E-state index contributed by atoms with van der Waals surface area (Å²) in [7, 11) is 0. The summed E-state index contributed by atoms with van der Waals surface area (Å²) in [4.78, 5) is 3.83. The number of furan rings is 1. The molecule has 0 amide bonds. The molecule has 0 aliphatic carbocycles. The van der Waals surface area contributed by atoms with E-state index in [1.807, 2.05) is 24.3 Å². The van der Waals surface area contributed by atoms with Gasteiger partial charge in [-0.05, 0) is 12.1 Å². The Morgan fingerprint density at radius 3 is 3.00 bits per heavy atom. The van der Waals surface area contributed by atoms with E-state index in [0.29, 0.717) is 17.2 Å². The highest BCUT2D eigenvalue weighted by Gasteiger charge is 2.15. The molecule has 0 unspecified atom stereocenters. The number of benzene rings is 1. The third-order valence-electron chi connectivity index (χ3n) is 2.40. The average molecular weight is 241 g/mol. The van der Waals surface area contributed by atoms with E-state index in [1.54, 1.807) is 6.07 Å². The second-order valence-corrected chi connectivity index (χ2v) is 3.50. The van der Waals surface area contributed by atoms with Crippen molar-refractivity contribution in [1.29, 1.82) is 5.26 Å². The van der Waals surface area contributed by atoms with Crippen LogP contribution in [0.15, 0.2) is 39.6 Å². The van der Waals surface area contributed by atoms with E-state index >= 15 is 0 Å². The lowest BCUT2D eigenvalue weighted by molar-refractivity contribution is 0.285. The van der Waals surface area contributed by atoms with Gasteiger partial charge in [0.1, 0.15) is 11.7 Å². The van der Waals surface area contributed by atoms with Crippen molar-refractivity contribution in [3.05, 3.63) is 42.2 Å².